The minimum absolute atomic E-state index is 0.112. The molecule has 0 spiro atoms. The second-order valence-corrected chi connectivity index (χ2v) is 4.21. The van der Waals surface area contributed by atoms with Crippen LogP contribution < -0.4 is 0 Å². The monoisotopic (exact) mass is 237 g/mol. The van der Waals surface area contributed by atoms with Gasteiger partial charge in [-0.15, -0.1) is 0 Å². The fourth-order valence-electron chi connectivity index (χ4n) is 1.24. The van der Waals surface area contributed by atoms with Crippen LogP contribution in [0.4, 0.5) is 0 Å². The van der Waals surface area contributed by atoms with Gasteiger partial charge in [0.25, 0.3) is 0 Å². The highest BCUT2D eigenvalue weighted by molar-refractivity contribution is 5.70. The summed E-state index contributed by atoms with van der Waals surface area (Å²) in [7, 11) is 4.21. The summed E-state index contributed by atoms with van der Waals surface area (Å²) in [4.78, 5) is 12.4. The van der Waals surface area contributed by atoms with Crippen molar-refractivity contribution in [3.8, 4) is 0 Å². The van der Waals surface area contributed by atoms with Crippen LogP contribution in [0.1, 0.15) is 25.3 Å². The summed E-state index contributed by atoms with van der Waals surface area (Å²) < 4.78 is 0. The van der Waals surface area contributed by atoms with Gasteiger partial charge < -0.3 is 10.0 Å². The maximum Gasteiger partial charge on any atom is 0.307 e. The number of nitrogens with zero attached hydrogens (tertiary/aromatic N) is 1. The standard InChI is InChI=1S/C8H8O2.C6H15N/c9-8(10)6-7-4-2-1-3-5-7;1-4-5-6-7(2)3/h1-5H,6H2,(H,9,10);4-6H2,1-3H3. The van der Waals surface area contributed by atoms with Crippen molar-refractivity contribution in [2.45, 2.75) is 26.2 Å². The van der Waals surface area contributed by atoms with Gasteiger partial charge in [-0.25, -0.2) is 0 Å². The Hall–Kier alpha value is -1.35. The van der Waals surface area contributed by atoms with Crippen molar-refractivity contribution in [3.05, 3.63) is 35.9 Å². The van der Waals surface area contributed by atoms with Crippen LogP contribution >= 0.6 is 0 Å². The molecule has 0 radical (unpaired) electrons. The molecule has 0 saturated carbocycles. The number of aliphatic carboxylic acids is 1. The Balaban J connectivity index is 0.000000325. The zero-order valence-electron chi connectivity index (χ0n) is 11.0. The number of hydrogen-bond donors (Lipinski definition) is 1. The molecule has 0 unspecified atom stereocenters. The van der Waals surface area contributed by atoms with Crippen LogP contribution in [-0.4, -0.2) is 36.6 Å². The first kappa shape index (κ1) is 15.7. The molecule has 0 aromatic heterocycles. The van der Waals surface area contributed by atoms with Gasteiger partial charge in [-0.05, 0) is 32.6 Å². The molecule has 0 saturated heterocycles. The zero-order valence-corrected chi connectivity index (χ0v) is 11.0. The van der Waals surface area contributed by atoms with Gasteiger partial charge in [-0.1, -0.05) is 43.7 Å². The molecule has 1 rings (SSSR count). The van der Waals surface area contributed by atoms with Gasteiger partial charge in [0, 0.05) is 0 Å². The first-order valence-electron chi connectivity index (χ1n) is 5.96. The third kappa shape index (κ3) is 10.9. The van der Waals surface area contributed by atoms with E-state index in [1.807, 2.05) is 18.2 Å². The summed E-state index contributed by atoms with van der Waals surface area (Å²) in [5.41, 5.74) is 0.843. The molecule has 3 nitrogen and oxygen atoms in total. The molecule has 0 aliphatic heterocycles. The maximum atomic E-state index is 10.2. The van der Waals surface area contributed by atoms with Crippen molar-refractivity contribution in [2.75, 3.05) is 20.6 Å². The highest BCUT2D eigenvalue weighted by atomic mass is 16.4. The van der Waals surface area contributed by atoms with Crippen molar-refractivity contribution in [1.82, 2.24) is 4.90 Å². The third-order valence-corrected chi connectivity index (χ3v) is 2.16. The van der Waals surface area contributed by atoms with E-state index in [1.165, 1.54) is 19.4 Å². The molecule has 0 heterocycles. The highest BCUT2D eigenvalue weighted by Crippen LogP contribution is 1.98. The molecule has 0 amide bonds. The number of benzene rings is 1. The Morgan fingerprint density at radius 1 is 1.24 bits per heavy atom. The van der Waals surface area contributed by atoms with E-state index >= 15 is 0 Å². The summed E-state index contributed by atoms with van der Waals surface area (Å²) in [6, 6.07) is 9.13. The molecule has 3 heteroatoms. The molecule has 0 bridgehead atoms. The van der Waals surface area contributed by atoms with Gasteiger partial charge in [-0.3, -0.25) is 4.79 Å². The molecule has 1 N–H and O–H groups in total. The van der Waals surface area contributed by atoms with Gasteiger partial charge in [0.05, 0.1) is 6.42 Å². The zero-order chi connectivity index (χ0) is 13.1. The van der Waals surface area contributed by atoms with Gasteiger partial charge >= 0.3 is 5.97 Å². The van der Waals surface area contributed by atoms with Crippen molar-refractivity contribution in [3.63, 3.8) is 0 Å². The number of hydrogen-bond acceptors (Lipinski definition) is 2. The lowest BCUT2D eigenvalue weighted by Gasteiger charge is -2.05. The van der Waals surface area contributed by atoms with E-state index in [0.717, 1.165) is 5.56 Å². The predicted molar refractivity (Wildman–Crippen MR) is 71.2 cm³/mol. The van der Waals surface area contributed by atoms with E-state index in [2.05, 4.69) is 25.9 Å². The second-order valence-electron chi connectivity index (χ2n) is 4.21. The largest absolute Gasteiger partial charge is 0.481 e. The van der Waals surface area contributed by atoms with Gasteiger partial charge in [0.1, 0.15) is 0 Å². The minimum Gasteiger partial charge on any atom is -0.481 e. The number of carboxylic acid groups (broad SMARTS) is 1. The summed E-state index contributed by atoms with van der Waals surface area (Å²) in [6.45, 7) is 3.44. The second kappa shape index (κ2) is 9.85. The first-order chi connectivity index (χ1) is 8.06. The number of carboxylic acids is 1. The first-order valence-corrected chi connectivity index (χ1v) is 5.96. The molecule has 0 atom stereocenters. The topological polar surface area (TPSA) is 40.5 Å². The summed E-state index contributed by atoms with van der Waals surface area (Å²) in [6.07, 6.45) is 2.74. The fraction of sp³-hybridized carbons (Fsp3) is 0.500. The van der Waals surface area contributed by atoms with Crippen LogP contribution in [0.15, 0.2) is 30.3 Å². The van der Waals surface area contributed by atoms with Crippen molar-refractivity contribution in [1.29, 1.82) is 0 Å². The van der Waals surface area contributed by atoms with Crippen LogP contribution in [0.3, 0.4) is 0 Å². The Bertz CT molecular complexity index is 296. The average Bonchev–Trinajstić information content (AvgIpc) is 2.27. The van der Waals surface area contributed by atoms with Crippen LogP contribution in [0, 0.1) is 0 Å². The van der Waals surface area contributed by atoms with Crippen LogP contribution in [0.25, 0.3) is 0 Å². The SMILES string of the molecule is CCCCN(C)C.O=C(O)Cc1ccccc1. The van der Waals surface area contributed by atoms with Crippen molar-refractivity contribution in [2.24, 2.45) is 0 Å². The van der Waals surface area contributed by atoms with Crippen molar-refractivity contribution >= 4 is 5.97 Å². The molecule has 96 valence electrons. The number of rotatable bonds is 5. The average molecular weight is 237 g/mol. The van der Waals surface area contributed by atoms with Gasteiger partial charge in [0.2, 0.25) is 0 Å². The Morgan fingerprint density at radius 3 is 2.18 bits per heavy atom. The molecule has 0 aliphatic rings. The molecule has 17 heavy (non-hydrogen) atoms. The quantitative estimate of drug-likeness (QED) is 0.856. The van der Waals surface area contributed by atoms with E-state index in [0.29, 0.717) is 0 Å². The predicted octanol–water partition coefficient (Wildman–Crippen LogP) is 2.66. The van der Waals surface area contributed by atoms with Crippen LogP contribution in [0.5, 0.6) is 0 Å². The Morgan fingerprint density at radius 2 is 1.82 bits per heavy atom. The summed E-state index contributed by atoms with van der Waals surface area (Å²) in [5.74, 6) is -0.786. The van der Waals surface area contributed by atoms with E-state index in [4.69, 9.17) is 5.11 Å². The van der Waals surface area contributed by atoms with E-state index < -0.39 is 5.97 Å². The fourth-order valence-corrected chi connectivity index (χ4v) is 1.24. The highest BCUT2D eigenvalue weighted by Gasteiger charge is 1.96. The van der Waals surface area contributed by atoms with E-state index in [1.54, 1.807) is 12.1 Å². The van der Waals surface area contributed by atoms with Gasteiger partial charge in [-0.2, -0.15) is 0 Å². The Labute approximate surface area is 104 Å². The normalized spacial score (nSPS) is 9.65. The Kier molecular flexibility index (Phi) is 9.06. The van der Waals surface area contributed by atoms with Crippen molar-refractivity contribution < 1.29 is 9.90 Å². The smallest absolute Gasteiger partial charge is 0.307 e. The molecule has 1 aromatic rings. The van der Waals surface area contributed by atoms with E-state index in [9.17, 15) is 4.79 Å². The molecule has 0 fully saturated rings. The summed E-state index contributed by atoms with van der Waals surface area (Å²) >= 11 is 0. The lowest BCUT2D eigenvalue weighted by Crippen LogP contribution is -2.12. The summed E-state index contributed by atoms with van der Waals surface area (Å²) in [5, 5.41) is 8.37. The molecular formula is C14H23NO2. The van der Waals surface area contributed by atoms with Crippen LogP contribution in [0.2, 0.25) is 0 Å². The number of unbranched alkanes of at least 4 members (excludes halogenated alkanes) is 1. The lowest BCUT2D eigenvalue weighted by atomic mass is 10.2. The third-order valence-electron chi connectivity index (χ3n) is 2.16. The maximum absolute atomic E-state index is 10.2. The molecular weight excluding hydrogens is 214 g/mol. The molecule has 0 aliphatic carbocycles. The lowest BCUT2D eigenvalue weighted by molar-refractivity contribution is -0.136. The van der Waals surface area contributed by atoms with E-state index in [-0.39, 0.29) is 6.42 Å². The number of carbonyl (C=O) groups is 1. The van der Waals surface area contributed by atoms with Gasteiger partial charge in [0.15, 0.2) is 0 Å². The van der Waals surface area contributed by atoms with Crippen LogP contribution in [-0.2, 0) is 11.2 Å². The minimum atomic E-state index is -0.786. The molecule has 1 aromatic carbocycles.